The van der Waals surface area contributed by atoms with Crippen molar-refractivity contribution in [3.63, 3.8) is 0 Å². The fourth-order valence-electron chi connectivity index (χ4n) is 1.86. The van der Waals surface area contributed by atoms with E-state index in [4.69, 9.17) is 21.1 Å². The lowest BCUT2D eigenvalue weighted by atomic mass is 10.2. The lowest BCUT2D eigenvalue weighted by Crippen LogP contribution is -2.35. The van der Waals surface area contributed by atoms with Gasteiger partial charge in [0.1, 0.15) is 23.0 Å². The topological polar surface area (TPSA) is 99.4 Å². The van der Waals surface area contributed by atoms with Gasteiger partial charge in [-0.1, -0.05) is 11.6 Å². The van der Waals surface area contributed by atoms with Crippen molar-refractivity contribution in [1.29, 1.82) is 0 Å². The van der Waals surface area contributed by atoms with Gasteiger partial charge in [-0.15, -0.1) is 0 Å². The Labute approximate surface area is 156 Å². The van der Waals surface area contributed by atoms with Crippen LogP contribution in [0.15, 0.2) is 6.33 Å². The fraction of sp³-hybridized carbons (Fsp3) is 0.562. The second-order valence-corrected chi connectivity index (χ2v) is 7.98. The minimum atomic E-state index is -0.694. The molecule has 0 aliphatic heterocycles. The standard InChI is InChI=1S/C16H22ClN5O4/c1-15(2,3)25-13(23)21(7)12-19-10(17)9-11(20-12)22(8-18-9)14(24)26-16(4,5)6/h8H,1-7H3. The van der Waals surface area contributed by atoms with Crippen LogP contribution >= 0.6 is 11.6 Å². The number of halogens is 1. The number of ether oxygens (including phenoxy) is 2. The quantitative estimate of drug-likeness (QED) is 0.693. The molecule has 0 bridgehead atoms. The first kappa shape index (κ1) is 19.9. The van der Waals surface area contributed by atoms with Crippen molar-refractivity contribution in [3.05, 3.63) is 11.5 Å². The van der Waals surface area contributed by atoms with E-state index in [1.54, 1.807) is 41.5 Å². The van der Waals surface area contributed by atoms with E-state index in [1.165, 1.54) is 13.4 Å². The molecule has 26 heavy (non-hydrogen) atoms. The molecule has 0 aliphatic rings. The molecule has 2 heterocycles. The summed E-state index contributed by atoms with van der Waals surface area (Å²) in [6.07, 6.45) is -0.0757. The van der Waals surface area contributed by atoms with Crippen LogP contribution in [-0.4, -0.2) is 50.0 Å². The number of carbonyl (C=O) groups is 2. The van der Waals surface area contributed by atoms with E-state index in [2.05, 4.69) is 15.0 Å². The van der Waals surface area contributed by atoms with E-state index in [0.29, 0.717) is 0 Å². The van der Waals surface area contributed by atoms with Gasteiger partial charge in [0.2, 0.25) is 5.95 Å². The van der Waals surface area contributed by atoms with Crippen molar-refractivity contribution in [2.24, 2.45) is 0 Å². The Morgan fingerprint density at radius 1 is 1.08 bits per heavy atom. The molecule has 0 aliphatic carbocycles. The van der Waals surface area contributed by atoms with Crippen molar-refractivity contribution < 1.29 is 19.1 Å². The highest BCUT2D eigenvalue weighted by Crippen LogP contribution is 2.23. The zero-order chi connectivity index (χ0) is 19.9. The van der Waals surface area contributed by atoms with Crippen LogP contribution in [0, 0.1) is 0 Å². The average Bonchev–Trinajstić information content (AvgIpc) is 2.87. The maximum absolute atomic E-state index is 12.3. The van der Waals surface area contributed by atoms with Crippen LogP contribution in [0.25, 0.3) is 11.2 Å². The third-order valence-electron chi connectivity index (χ3n) is 2.90. The number of fused-ring (bicyclic) bond motifs is 1. The van der Waals surface area contributed by atoms with Gasteiger partial charge in [-0.25, -0.2) is 24.0 Å². The van der Waals surface area contributed by atoms with Gasteiger partial charge < -0.3 is 9.47 Å². The summed E-state index contributed by atoms with van der Waals surface area (Å²) in [6.45, 7) is 10.5. The molecule has 0 fully saturated rings. The van der Waals surface area contributed by atoms with Crippen LogP contribution in [0.4, 0.5) is 15.5 Å². The molecule has 2 aromatic rings. The van der Waals surface area contributed by atoms with Crippen LogP contribution in [0.5, 0.6) is 0 Å². The molecule has 0 atom stereocenters. The second kappa shape index (κ2) is 6.71. The number of hydrogen-bond acceptors (Lipinski definition) is 7. The summed E-state index contributed by atoms with van der Waals surface area (Å²) in [5.41, 5.74) is -1.03. The van der Waals surface area contributed by atoms with E-state index in [9.17, 15) is 9.59 Å². The Balaban J connectivity index is 2.43. The lowest BCUT2D eigenvalue weighted by molar-refractivity contribution is 0.0541. The summed E-state index contributed by atoms with van der Waals surface area (Å²) in [7, 11) is 1.44. The normalized spacial score (nSPS) is 12.2. The minimum Gasteiger partial charge on any atom is -0.443 e. The molecular weight excluding hydrogens is 362 g/mol. The third-order valence-corrected chi connectivity index (χ3v) is 3.16. The number of imidazole rings is 1. The Morgan fingerprint density at radius 2 is 1.65 bits per heavy atom. The molecule has 0 unspecified atom stereocenters. The molecule has 0 saturated heterocycles. The van der Waals surface area contributed by atoms with E-state index in [-0.39, 0.29) is 22.3 Å². The highest BCUT2D eigenvalue weighted by atomic mass is 35.5. The van der Waals surface area contributed by atoms with Crippen LogP contribution in [0.2, 0.25) is 5.15 Å². The monoisotopic (exact) mass is 383 g/mol. The summed E-state index contributed by atoms with van der Waals surface area (Å²) in [4.78, 5) is 38.0. The summed E-state index contributed by atoms with van der Waals surface area (Å²) >= 11 is 6.14. The molecule has 9 nitrogen and oxygen atoms in total. The smallest absolute Gasteiger partial charge is 0.421 e. The number of rotatable bonds is 1. The van der Waals surface area contributed by atoms with E-state index < -0.39 is 23.4 Å². The SMILES string of the molecule is CN(C(=O)OC(C)(C)C)c1nc(Cl)c2ncn(C(=O)OC(C)(C)C)c2n1. The average molecular weight is 384 g/mol. The van der Waals surface area contributed by atoms with Gasteiger partial charge in [0.15, 0.2) is 10.8 Å². The van der Waals surface area contributed by atoms with Gasteiger partial charge in [0.25, 0.3) is 0 Å². The first-order valence-electron chi connectivity index (χ1n) is 7.89. The van der Waals surface area contributed by atoms with Crippen LogP contribution in [0.3, 0.4) is 0 Å². The number of nitrogens with zero attached hydrogens (tertiary/aromatic N) is 5. The maximum Gasteiger partial charge on any atom is 0.421 e. The number of hydrogen-bond donors (Lipinski definition) is 0. The van der Waals surface area contributed by atoms with E-state index in [1.807, 2.05) is 0 Å². The molecule has 142 valence electrons. The predicted octanol–water partition coefficient (Wildman–Crippen LogP) is 3.63. The number of amides is 1. The van der Waals surface area contributed by atoms with Gasteiger partial charge in [-0.2, -0.15) is 9.97 Å². The molecule has 0 N–H and O–H groups in total. The van der Waals surface area contributed by atoms with Crippen molar-refractivity contribution in [2.75, 3.05) is 11.9 Å². The van der Waals surface area contributed by atoms with Crippen LogP contribution in [0.1, 0.15) is 41.5 Å². The Morgan fingerprint density at radius 3 is 2.19 bits per heavy atom. The molecule has 0 saturated carbocycles. The summed E-state index contributed by atoms with van der Waals surface area (Å²) in [6, 6.07) is 0. The lowest BCUT2D eigenvalue weighted by Gasteiger charge is -2.23. The molecule has 0 spiro atoms. The molecular formula is C16H22ClN5O4. The number of carbonyl (C=O) groups excluding carboxylic acids is 2. The molecule has 2 aromatic heterocycles. The van der Waals surface area contributed by atoms with E-state index >= 15 is 0 Å². The van der Waals surface area contributed by atoms with Gasteiger partial charge >= 0.3 is 12.2 Å². The van der Waals surface area contributed by atoms with Crippen molar-refractivity contribution >= 4 is 40.9 Å². The van der Waals surface area contributed by atoms with Gasteiger partial charge in [-0.05, 0) is 41.5 Å². The largest absolute Gasteiger partial charge is 0.443 e. The summed E-state index contributed by atoms with van der Waals surface area (Å²) in [5, 5.41) is 0.00252. The Bertz CT molecular complexity index is 851. The number of anilines is 1. The Kier molecular flexibility index (Phi) is 5.14. The maximum atomic E-state index is 12.3. The molecule has 2 rings (SSSR count). The Hall–Kier alpha value is -2.42. The highest BCUT2D eigenvalue weighted by molar-refractivity contribution is 6.33. The molecule has 0 radical (unpaired) electrons. The van der Waals surface area contributed by atoms with Gasteiger partial charge in [-0.3, -0.25) is 0 Å². The third kappa shape index (κ3) is 4.60. The first-order chi connectivity index (χ1) is 11.8. The summed E-state index contributed by atoms with van der Waals surface area (Å²) in [5.74, 6) is -0.0259. The molecule has 0 aromatic carbocycles. The zero-order valence-electron chi connectivity index (χ0n) is 15.8. The summed E-state index contributed by atoms with van der Waals surface area (Å²) < 4.78 is 11.7. The van der Waals surface area contributed by atoms with Crippen molar-refractivity contribution in [1.82, 2.24) is 19.5 Å². The van der Waals surface area contributed by atoms with Crippen molar-refractivity contribution in [3.8, 4) is 0 Å². The van der Waals surface area contributed by atoms with Crippen molar-refractivity contribution in [2.45, 2.75) is 52.7 Å². The zero-order valence-corrected chi connectivity index (χ0v) is 16.6. The van der Waals surface area contributed by atoms with Crippen LogP contribution in [-0.2, 0) is 9.47 Å². The predicted molar refractivity (Wildman–Crippen MR) is 96.6 cm³/mol. The highest BCUT2D eigenvalue weighted by Gasteiger charge is 2.26. The molecule has 1 amide bonds. The fourth-order valence-corrected chi connectivity index (χ4v) is 2.07. The van der Waals surface area contributed by atoms with Crippen LogP contribution < -0.4 is 4.90 Å². The van der Waals surface area contributed by atoms with Gasteiger partial charge in [0.05, 0.1) is 0 Å². The van der Waals surface area contributed by atoms with E-state index in [0.717, 1.165) is 9.47 Å². The molecule has 10 heteroatoms. The number of aromatic nitrogens is 4. The minimum absolute atomic E-state index is 0.00252. The first-order valence-corrected chi connectivity index (χ1v) is 8.27. The van der Waals surface area contributed by atoms with Gasteiger partial charge in [0, 0.05) is 7.05 Å². The second-order valence-electron chi connectivity index (χ2n) is 7.62.